The minimum Gasteiger partial charge on any atom is -0.383 e. The quantitative estimate of drug-likeness (QED) is 0.834. The summed E-state index contributed by atoms with van der Waals surface area (Å²) in [6.45, 7) is -0.337. The predicted molar refractivity (Wildman–Crippen MR) is 63.5 cm³/mol. The van der Waals surface area contributed by atoms with E-state index in [9.17, 15) is 4.79 Å². The average Bonchev–Trinajstić information content (AvgIpc) is 2.31. The third-order valence-electron chi connectivity index (χ3n) is 1.93. The van der Waals surface area contributed by atoms with Gasteiger partial charge in [0, 0.05) is 10.7 Å². The Morgan fingerprint density at radius 1 is 1.47 bits per heavy atom. The molecular weight excluding hydrogens is 286 g/mol. The van der Waals surface area contributed by atoms with Gasteiger partial charge in [0.1, 0.15) is 18.9 Å². The fourth-order valence-electron chi connectivity index (χ4n) is 1.16. The van der Waals surface area contributed by atoms with Crippen molar-refractivity contribution < 1.29 is 4.79 Å². The predicted octanol–water partition coefficient (Wildman–Crippen LogP) is 0.916. The highest BCUT2D eigenvalue weighted by Crippen LogP contribution is 2.17. The summed E-state index contributed by atoms with van der Waals surface area (Å²) in [7, 11) is 0. The molecule has 1 rings (SSSR count). The van der Waals surface area contributed by atoms with E-state index >= 15 is 0 Å². The molecule has 1 aromatic rings. The maximum Gasteiger partial charge on any atom is 0.259 e. The maximum atomic E-state index is 12.0. The number of carbonyl (C=O) groups excluding carboxylic acids is 1. The summed E-state index contributed by atoms with van der Waals surface area (Å²) in [5, 5.41) is 17.1. The summed E-state index contributed by atoms with van der Waals surface area (Å²) in [5.41, 5.74) is 5.75. The molecule has 1 amide bonds. The van der Waals surface area contributed by atoms with Crippen molar-refractivity contribution in [3.63, 3.8) is 0 Å². The molecule has 0 saturated heterocycles. The van der Waals surface area contributed by atoms with Crippen molar-refractivity contribution >= 4 is 27.7 Å². The van der Waals surface area contributed by atoms with Crippen LogP contribution in [0, 0.1) is 22.7 Å². The highest BCUT2D eigenvalue weighted by molar-refractivity contribution is 9.10. The first-order valence-corrected chi connectivity index (χ1v) is 5.33. The van der Waals surface area contributed by atoms with Gasteiger partial charge in [-0.3, -0.25) is 4.79 Å². The standard InChI is InChI=1S/C10H8BrN5O/c11-7-5-8(9(14)15-6-7)10(17)16(3-1-12)4-2-13/h5-6H,3-4H2,(H2,14,15). The summed E-state index contributed by atoms with van der Waals surface area (Å²) in [6, 6.07) is 5.14. The molecule has 0 bridgehead atoms. The van der Waals surface area contributed by atoms with Gasteiger partial charge < -0.3 is 10.6 Å². The second-order valence-corrected chi connectivity index (χ2v) is 3.98. The Morgan fingerprint density at radius 2 is 2.06 bits per heavy atom. The van der Waals surface area contributed by atoms with Gasteiger partial charge in [0.15, 0.2) is 0 Å². The molecule has 1 heterocycles. The monoisotopic (exact) mass is 293 g/mol. The zero-order valence-corrected chi connectivity index (χ0v) is 10.3. The number of nitrogens with zero attached hydrogens (tertiary/aromatic N) is 4. The SMILES string of the molecule is N#CCN(CC#N)C(=O)c1cc(Br)cnc1N. The molecule has 0 aliphatic heterocycles. The Kier molecular flexibility index (Phi) is 4.44. The van der Waals surface area contributed by atoms with Gasteiger partial charge in [0.25, 0.3) is 5.91 Å². The molecule has 0 fully saturated rings. The van der Waals surface area contributed by atoms with Crippen molar-refractivity contribution in [2.75, 3.05) is 18.8 Å². The second-order valence-electron chi connectivity index (χ2n) is 3.06. The van der Waals surface area contributed by atoms with Crippen molar-refractivity contribution in [2.24, 2.45) is 0 Å². The summed E-state index contributed by atoms with van der Waals surface area (Å²) in [6.07, 6.45) is 1.46. The average molecular weight is 294 g/mol. The van der Waals surface area contributed by atoms with Crippen LogP contribution in [0.4, 0.5) is 5.82 Å². The molecule has 0 saturated carbocycles. The first-order valence-electron chi connectivity index (χ1n) is 4.54. The number of halogens is 1. The number of carbonyl (C=O) groups is 1. The van der Waals surface area contributed by atoms with Crippen LogP contribution < -0.4 is 5.73 Å². The summed E-state index contributed by atoms with van der Waals surface area (Å²) in [4.78, 5) is 16.9. The molecule has 0 atom stereocenters. The molecule has 0 aliphatic rings. The normalized spacial score (nSPS) is 9.12. The number of hydrogen-bond donors (Lipinski definition) is 1. The van der Waals surface area contributed by atoms with Crippen molar-refractivity contribution in [1.82, 2.24) is 9.88 Å². The van der Waals surface area contributed by atoms with Crippen LogP contribution in [0.2, 0.25) is 0 Å². The van der Waals surface area contributed by atoms with Crippen LogP contribution in [-0.2, 0) is 0 Å². The Hall–Kier alpha value is -2.12. The zero-order valence-electron chi connectivity index (χ0n) is 8.72. The number of nitriles is 2. The number of pyridine rings is 1. The fraction of sp³-hybridized carbons (Fsp3) is 0.200. The minimum absolute atomic E-state index is 0.0686. The van der Waals surface area contributed by atoms with E-state index in [0.29, 0.717) is 4.47 Å². The van der Waals surface area contributed by atoms with Crippen LogP contribution in [0.5, 0.6) is 0 Å². The van der Waals surface area contributed by atoms with Crippen LogP contribution in [-0.4, -0.2) is 28.9 Å². The van der Waals surface area contributed by atoms with Gasteiger partial charge in [-0.2, -0.15) is 10.5 Å². The number of rotatable bonds is 3. The van der Waals surface area contributed by atoms with Gasteiger partial charge in [-0.25, -0.2) is 4.98 Å². The molecule has 6 nitrogen and oxygen atoms in total. The zero-order chi connectivity index (χ0) is 12.8. The third kappa shape index (κ3) is 3.16. The molecular formula is C10H8BrN5O. The maximum absolute atomic E-state index is 12.0. The molecule has 17 heavy (non-hydrogen) atoms. The van der Waals surface area contributed by atoms with Crippen LogP contribution in [0.3, 0.4) is 0 Å². The number of aromatic nitrogens is 1. The highest BCUT2D eigenvalue weighted by Gasteiger charge is 2.18. The Morgan fingerprint density at radius 3 is 2.59 bits per heavy atom. The molecule has 0 spiro atoms. The van der Waals surface area contributed by atoms with Crippen molar-refractivity contribution in [1.29, 1.82) is 10.5 Å². The molecule has 0 aliphatic carbocycles. The van der Waals surface area contributed by atoms with E-state index in [1.807, 2.05) is 12.1 Å². The molecule has 0 aromatic carbocycles. The summed E-state index contributed by atoms with van der Waals surface area (Å²) < 4.78 is 0.601. The second kappa shape index (κ2) is 5.83. The Labute approximate surface area is 106 Å². The number of amides is 1. The van der Waals surface area contributed by atoms with E-state index in [1.54, 1.807) is 0 Å². The molecule has 0 radical (unpaired) electrons. The number of nitrogens with two attached hydrogens (primary N) is 1. The Balaban J connectivity index is 3.06. The molecule has 7 heteroatoms. The smallest absolute Gasteiger partial charge is 0.259 e. The van der Waals surface area contributed by atoms with Gasteiger partial charge in [0.05, 0.1) is 17.7 Å². The lowest BCUT2D eigenvalue weighted by Gasteiger charge is -2.16. The van der Waals surface area contributed by atoms with E-state index in [1.165, 1.54) is 12.3 Å². The number of nitrogen functional groups attached to an aromatic ring is 1. The van der Waals surface area contributed by atoms with Gasteiger partial charge in [-0.1, -0.05) is 0 Å². The lowest BCUT2D eigenvalue weighted by Crippen LogP contribution is -2.32. The van der Waals surface area contributed by atoms with Gasteiger partial charge in [0.2, 0.25) is 0 Å². The highest BCUT2D eigenvalue weighted by atomic mass is 79.9. The fourth-order valence-corrected chi connectivity index (χ4v) is 1.49. The molecule has 86 valence electrons. The van der Waals surface area contributed by atoms with Gasteiger partial charge in [-0.15, -0.1) is 0 Å². The Bertz CT molecular complexity index is 500. The molecule has 0 unspecified atom stereocenters. The van der Waals surface area contributed by atoms with Gasteiger partial charge >= 0.3 is 0 Å². The topological polar surface area (TPSA) is 107 Å². The summed E-state index contributed by atoms with van der Waals surface area (Å²) in [5.74, 6) is -0.418. The van der Waals surface area contributed by atoms with E-state index in [2.05, 4.69) is 20.9 Å². The number of anilines is 1. The van der Waals surface area contributed by atoms with Crippen molar-refractivity contribution in [3.8, 4) is 12.1 Å². The third-order valence-corrected chi connectivity index (χ3v) is 2.36. The van der Waals surface area contributed by atoms with Crippen LogP contribution >= 0.6 is 15.9 Å². The first-order chi connectivity index (χ1) is 8.10. The van der Waals surface area contributed by atoms with Crippen molar-refractivity contribution in [2.45, 2.75) is 0 Å². The van der Waals surface area contributed by atoms with E-state index in [4.69, 9.17) is 16.3 Å². The van der Waals surface area contributed by atoms with Crippen LogP contribution in [0.15, 0.2) is 16.7 Å². The van der Waals surface area contributed by atoms with Crippen LogP contribution in [0.25, 0.3) is 0 Å². The largest absolute Gasteiger partial charge is 0.383 e. The van der Waals surface area contributed by atoms with Crippen LogP contribution in [0.1, 0.15) is 10.4 Å². The molecule has 2 N–H and O–H groups in total. The van der Waals surface area contributed by atoms with E-state index in [-0.39, 0.29) is 24.5 Å². The van der Waals surface area contributed by atoms with Gasteiger partial charge in [-0.05, 0) is 22.0 Å². The number of hydrogen-bond acceptors (Lipinski definition) is 5. The van der Waals surface area contributed by atoms with E-state index < -0.39 is 5.91 Å². The first kappa shape index (κ1) is 12.9. The summed E-state index contributed by atoms with van der Waals surface area (Å²) >= 11 is 3.17. The molecule has 1 aromatic heterocycles. The lowest BCUT2D eigenvalue weighted by atomic mass is 10.2. The lowest BCUT2D eigenvalue weighted by molar-refractivity contribution is 0.0795. The van der Waals surface area contributed by atoms with Crippen molar-refractivity contribution in [3.05, 3.63) is 22.3 Å². The van der Waals surface area contributed by atoms with E-state index in [0.717, 1.165) is 4.90 Å². The minimum atomic E-state index is -0.487.